The molecule has 0 fully saturated rings. The van der Waals surface area contributed by atoms with Gasteiger partial charge in [0.05, 0.1) is 0 Å². The first-order chi connectivity index (χ1) is 0. The summed E-state index contributed by atoms with van der Waals surface area (Å²) in [4.78, 5) is 0. The van der Waals surface area contributed by atoms with E-state index < -0.39 is 0 Å². The van der Waals surface area contributed by atoms with Gasteiger partial charge in [-0.2, -0.15) is 0 Å². The molecular formula is BCoOTi+7. The third-order valence-electron chi connectivity index (χ3n) is 0. The third kappa shape index (κ3) is 10.5. The van der Waals surface area contributed by atoms with Crippen LogP contribution in [0.2, 0.25) is 0 Å². The Kier molecular flexibility index (Phi) is 439. The maximum absolute atomic E-state index is 0. The zero-order valence-electron chi connectivity index (χ0n) is 1.82. The van der Waals surface area contributed by atoms with Gasteiger partial charge in [-0.05, 0) is 0 Å². The van der Waals surface area contributed by atoms with Crippen molar-refractivity contribution >= 4 is 8.41 Å². The minimum atomic E-state index is 0. The summed E-state index contributed by atoms with van der Waals surface area (Å²) in [6.07, 6.45) is 0. The van der Waals surface area contributed by atoms with Crippen molar-refractivity contribution in [3.05, 3.63) is 0 Å². The van der Waals surface area contributed by atoms with E-state index >= 15 is 0 Å². The Morgan fingerprint density at radius 2 is 1.00 bits per heavy atom. The van der Waals surface area contributed by atoms with Gasteiger partial charge in [0.2, 0.25) is 0 Å². The summed E-state index contributed by atoms with van der Waals surface area (Å²) in [6, 6.07) is 0. The average Bonchev–Trinajstić information content (AvgIpc) is 0. The second-order valence-corrected chi connectivity index (χ2v) is 0. The average molecular weight is 134 g/mol. The molecule has 0 aliphatic rings. The minimum absolute atomic E-state index is 0. The smallest absolute Gasteiger partial charge is 2.00 e. The fraction of sp³-hybridized carbons (Fsp3) is 0. The molecule has 0 heterocycles. The summed E-state index contributed by atoms with van der Waals surface area (Å²) in [6.45, 7) is 0. The van der Waals surface area contributed by atoms with E-state index in [-0.39, 0.29) is 52.4 Å². The molecule has 0 unspecified atom stereocenters. The van der Waals surface area contributed by atoms with E-state index in [4.69, 9.17) is 0 Å². The second-order valence-electron chi connectivity index (χ2n) is 0. The van der Waals surface area contributed by atoms with Crippen LogP contribution in [0.5, 0.6) is 0 Å². The van der Waals surface area contributed by atoms with Gasteiger partial charge in [0.15, 0.2) is 0 Å². The topological polar surface area (TPSA) is 28.5 Å². The van der Waals surface area contributed by atoms with Gasteiger partial charge in [-0.3, -0.25) is 0 Å². The van der Waals surface area contributed by atoms with Gasteiger partial charge in [0.1, 0.15) is 0 Å². The van der Waals surface area contributed by atoms with Gasteiger partial charge in [-0.1, -0.05) is 0 Å². The van der Waals surface area contributed by atoms with E-state index in [1.165, 1.54) is 0 Å². The molecule has 4 heteroatoms. The summed E-state index contributed by atoms with van der Waals surface area (Å²) < 4.78 is 0. The minimum Gasteiger partial charge on any atom is -2.00 e. The quantitative estimate of drug-likeness (QED) is 0.399. The summed E-state index contributed by atoms with van der Waals surface area (Å²) in [5.41, 5.74) is 0. The molecule has 4 heavy (non-hydrogen) atoms. The SMILES string of the molecule is [B+3].[Co+2].[O-2].[Ti+4]. The van der Waals surface area contributed by atoms with Gasteiger partial charge in [0.25, 0.3) is 0 Å². The predicted octanol–water partition coefficient (Wildman–Crippen LogP) is -0.505. The molecule has 0 aliphatic carbocycles. The van der Waals surface area contributed by atoms with Crippen molar-refractivity contribution in [1.82, 2.24) is 0 Å². The van der Waals surface area contributed by atoms with Gasteiger partial charge >= 0.3 is 46.9 Å². The molecule has 0 atom stereocenters. The largest absolute Gasteiger partial charge is 4.00 e. The Balaban J connectivity index is 0. The Hall–Kier alpha value is 1.25. The first kappa shape index (κ1) is 60.9. The van der Waals surface area contributed by atoms with Crippen LogP contribution in [0.25, 0.3) is 0 Å². The molecule has 0 rings (SSSR count). The molecule has 15 valence electrons. The van der Waals surface area contributed by atoms with Gasteiger partial charge in [-0.15, -0.1) is 0 Å². The monoisotopic (exact) mass is 134 g/mol. The molecule has 0 N–H and O–H groups in total. The Labute approximate surface area is 52.5 Å². The van der Waals surface area contributed by atoms with E-state index in [2.05, 4.69) is 0 Å². The number of hydrogen-bond donors (Lipinski definition) is 0. The molecule has 0 saturated heterocycles. The van der Waals surface area contributed by atoms with Crippen LogP contribution in [0.1, 0.15) is 0 Å². The summed E-state index contributed by atoms with van der Waals surface area (Å²) in [5.74, 6) is 0. The molecule has 0 spiro atoms. The Morgan fingerprint density at radius 3 is 1.00 bits per heavy atom. The van der Waals surface area contributed by atoms with Crippen LogP contribution in [0.4, 0.5) is 0 Å². The normalized spacial score (nSPS) is 0. The summed E-state index contributed by atoms with van der Waals surface area (Å²) in [5, 5.41) is 0. The molecule has 0 aromatic carbocycles. The maximum Gasteiger partial charge on any atom is 4.00 e. The molecule has 0 aliphatic heterocycles. The molecule has 0 aromatic heterocycles. The maximum atomic E-state index is 0. The third-order valence-corrected chi connectivity index (χ3v) is 0. The molecule has 1 radical (unpaired) electrons. The molecule has 0 amide bonds. The van der Waals surface area contributed by atoms with E-state index in [0.717, 1.165) is 0 Å². The first-order valence-corrected chi connectivity index (χ1v) is 0. The van der Waals surface area contributed by atoms with Crippen molar-refractivity contribution in [3.8, 4) is 0 Å². The van der Waals surface area contributed by atoms with Crippen LogP contribution in [0, 0.1) is 0 Å². The number of rotatable bonds is 0. The second kappa shape index (κ2) is 28.8. The van der Waals surface area contributed by atoms with Gasteiger partial charge < -0.3 is 5.48 Å². The summed E-state index contributed by atoms with van der Waals surface area (Å²) >= 11 is 0. The van der Waals surface area contributed by atoms with E-state index in [1.807, 2.05) is 0 Å². The molecule has 1 nitrogen and oxygen atoms in total. The van der Waals surface area contributed by atoms with Crippen molar-refractivity contribution in [2.24, 2.45) is 0 Å². The van der Waals surface area contributed by atoms with Gasteiger partial charge in [0, 0.05) is 0 Å². The van der Waals surface area contributed by atoms with Crippen molar-refractivity contribution < 1.29 is 44.0 Å². The van der Waals surface area contributed by atoms with Gasteiger partial charge in [-0.25, -0.2) is 0 Å². The zero-order valence-corrected chi connectivity index (χ0v) is 4.42. The fourth-order valence-electron chi connectivity index (χ4n) is 0. The molecular weight excluding hydrogens is 134 g/mol. The van der Waals surface area contributed by atoms with Crippen LogP contribution in [0.15, 0.2) is 0 Å². The molecule has 0 aromatic rings. The van der Waals surface area contributed by atoms with E-state index in [1.54, 1.807) is 0 Å². The number of hydrogen-bond acceptors (Lipinski definition) is 0. The van der Waals surface area contributed by atoms with Crippen LogP contribution < -0.4 is 0 Å². The molecule has 0 saturated carbocycles. The van der Waals surface area contributed by atoms with E-state index in [0.29, 0.717) is 0 Å². The van der Waals surface area contributed by atoms with Crippen LogP contribution >= 0.6 is 0 Å². The molecule has 0 bridgehead atoms. The van der Waals surface area contributed by atoms with Crippen molar-refractivity contribution in [2.75, 3.05) is 0 Å². The van der Waals surface area contributed by atoms with Crippen LogP contribution in [-0.4, -0.2) is 8.41 Å². The van der Waals surface area contributed by atoms with Crippen LogP contribution in [-0.2, 0) is 44.0 Å². The van der Waals surface area contributed by atoms with Crippen LogP contribution in [0.3, 0.4) is 0 Å². The zero-order chi connectivity index (χ0) is 0. The van der Waals surface area contributed by atoms with Crippen molar-refractivity contribution in [1.29, 1.82) is 0 Å². The standard InChI is InChI=1S/B.Co.O.Ti/q+3;+2;-2;+4. The predicted molar refractivity (Wildman–Crippen MR) is 6.44 cm³/mol. The van der Waals surface area contributed by atoms with Crippen molar-refractivity contribution in [2.45, 2.75) is 0 Å². The Bertz CT molecular complexity index is 8.00. The fourth-order valence-corrected chi connectivity index (χ4v) is 0. The first-order valence-electron chi connectivity index (χ1n) is 0. The van der Waals surface area contributed by atoms with Crippen molar-refractivity contribution in [3.63, 3.8) is 0 Å². The Morgan fingerprint density at radius 1 is 1.00 bits per heavy atom. The van der Waals surface area contributed by atoms with E-state index in [9.17, 15) is 0 Å². The summed E-state index contributed by atoms with van der Waals surface area (Å²) in [7, 11) is 0.